The summed E-state index contributed by atoms with van der Waals surface area (Å²) in [4.78, 5) is 10.9. The second-order valence-electron chi connectivity index (χ2n) is 6.32. The van der Waals surface area contributed by atoms with Crippen LogP contribution in [0.25, 0.3) is 0 Å². The van der Waals surface area contributed by atoms with E-state index >= 15 is 0 Å². The number of rotatable bonds is 5. The summed E-state index contributed by atoms with van der Waals surface area (Å²) in [5, 5.41) is 3.25. The molecule has 1 aromatic carbocycles. The number of hydrogen-bond donors (Lipinski definition) is 2. The molecule has 0 atom stereocenters. The van der Waals surface area contributed by atoms with Crippen LogP contribution in [0.5, 0.6) is 11.5 Å². The summed E-state index contributed by atoms with van der Waals surface area (Å²) in [6.07, 6.45) is 3.84. The molecule has 1 aliphatic heterocycles. The highest BCUT2D eigenvalue weighted by atomic mass is 16.5. The number of anilines is 4. The average molecular weight is 343 g/mol. The molecule has 1 aromatic heterocycles. The molecule has 0 aliphatic carbocycles. The Morgan fingerprint density at radius 1 is 1.16 bits per heavy atom. The monoisotopic (exact) mass is 343 g/mol. The van der Waals surface area contributed by atoms with Crippen molar-refractivity contribution in [3.05, 3.63) is 24.5 Å². The Labute approximate surface area is 148 Å². The van der Waals surface area contributed by atoms with Crippen molar-refractivity contribution in [2.45, 2.75) is 19.8 Å². The minimum absolute atomic E-state index is 0.543. The Morgan fingerprint density at radius 3 is 2.60 bits per heavy atom. The summed E-state index contributed by atoms with van der Waals surface area (Å²) >= 11 is 0. The van der Waals surface area contributed by atoms with Gasteiger partial charge in [0.15, 0.2) is 11.6 Å². The first-order valence-corrected chi connectivity index (χ1v) is 8.46. The molecule has 3 N–H and O–H groups in total. The summed E-state index contributed by atoms with van der Waals surface area (Å²) in [5.74, 6) is 3.51. The molecule has 0 radical (unpaired) electrons. The van der Waals surface area contributed by atoms with Gasteiger partial charge in [0, 0.05) is 19.2 Å². The summed E-state index contributed by atoms with van der Waals surface area (Å²) in [6, 6.07) is 5.53. The number of ether oxygens (including phenoxy) is 2. The van der Waals surface area contributed by atoms with Crippen molar-refractivity contribution in [2.75, 3.05) is 43.3 Å². The standard InChI is InChI=1S/C18H25N5O2/c1-12-6-8-23(9-7-12)18-16(19)17(20-11-21-18)22-14-10-13(24-2)4-5-15(14)25-3/h4-5,10-12H,6-9,19H2,1-3H3,(H,20,21,22). The van der Waals surface area contributed by atoms with Gasteiger partial charge in [-0.3, -0.25) is 0 Å². The molecule has 2 heterocycles. The van der Waals surface area contributed by atoms with Crippen molar-refractivity contribution in [2.24, 2.45) is 5.92 Å². The number of piperidine rings is 1. The molecule has 1 aliphatic rings. The predicted molar refractivity (Wildman–Crippen MR) is 99.9 cm³/mol. The molecule has 0 spiro atoms. The zero-order valence-electron chi connectivity index (χ0n) is 15.0. The fraction of sp³-hybridized carbons (Fsp3) is 0.444. The van der Waals surface area contributed by atoms with Crippen LogP contribution in [0.4, 0.5) is 23.0 Å². The van der Waals surface area contributed by atoms with Gasteiger partial charge in [0.1, 0.15) is 23.5 Å². The molecule has 134 valence electrons. The van der Waals surface area contributed by atoms with Crippen molar-refractivity contribution in [1.82, 2.24) is 9.97 Å². The zero-order valence-corrected chi connectivity index (χ0v) is 15.0. The van der Waals surface area contributed by atoms with Crippen molar-refractivity contribution in [3.63, 3.8) is 0 Å². The van der Waals surface area contributed by atoms with Crippen molar-refractivity contribution in [1.29, 1.82) is 0 Å². The molecule has 7 heteroatoms. The topological polar surface area (TPSA) is 85.5 Å². The van der Waals surface area contributed by atoms with E-state index in [0.717, 1.165) is 49.1 Å². The molecule has 3 rings (SSSR count). The lowest BCUT2D eigenvalue weighted by atomic mass is 9.99. The maximum absolute atomic E-state index is 6.36. The number of nitrogen functional groups attached to an aromatic ring is 1. The van der Waals surface area contributed by atoms with Gasteiger partial charge in [0.05, 0.1) is 19.9 Å². The fourth-order valence-corrected chi connectivity index (χ4v) is 3.00. The van der Waals surface area contributed by atoms with Gasteiger partial charge in [-0.25, -0.2) is 9.97 Å². The molecule has 0 bridgehead atoms. The van der Waals surface area contributed by atoms with Crippen LogP contribution in [-0.2, 0) is 0 Å². The minimum Gasteiger partial charge on any atom is -0.497 e. The SMILES string of the molecule is COc1ccc(OC)c(Nc2ncnc(N3CCC(C)CC3)c2N)c1. The zero-order chi connectivity index (χ0) is 17.8. The highest BCUT2D eigenvalue weighted by molar-refractivity contribution is 5.80. The van der Waals surface area contributed by atoms with Gasteiger partial charge in [-0.05, 0) is 30.9 Å². The molecular weight excluding hydrogens is 318 g/mol. The highest BCUT2D eigenvalue weighted by Gasteiger charge is 2.21. The number of benzene rings is 1. The first-order valence-electron chi connectivity index (χ1n) is 8.46. The van der Waals surface area contributed by atoms with E-state index in [9.17, 15) is 0 Å². The lowest BCUT2D eigenvalue weighted by Gasteiger charge is -2.32. The Bertz CT molecular complexity index is 729. The van der Waals surface area contributed by atoms with Crippen LogP contribution in [0.3, 0.4) is 0 Å². The van der Waals surface area contributed by atoms with Crippen LogP contribution >= 0.6 is 0 Å². The summed E-state index contributed by atoms with van der Waals surface area (Å²) in [5.41, 5.74) is 7.64. The smallest absolute Gasteiger partial charge is 0.159 e. The summed E-state index contributed by atoms with van der Waals surface area (Å²) in [6.45, 7) is 4.21. The molecule has 0 unspecified atom stereocenters. The number of aromatic nitrogens is 2. The first kappa shape index (κ1) is 17.1. The third-order valence-corrected chi connectivity index (χ3v) is 4.61. The van der Waals surface area contributed by atoms with Crippen molar-refractivity contribution < 1.29 is 9.47 Å². The fourth-order valence-electron chi connectivity index (χ4n) is 3.00. The van der Waals surface area contributed by atoms with Gasteiger partial charge in [0.25, 0.3) is 0 Å². The van der Waals surface area contributed by atoms with E-state index in [1.807, 2.05) is 18.2 Å². The van der Waals surface area contributed by atoms with Gasteiger partial charge in [0.2, 0.25) is 0 Å². The van der Waals surface area contributed by atoms with E-state index in [-0.39, 0.29) is 0 Å². The van der Waals surface area contributed by atoms with Crippen molar-refractivity contribution in [3.8, 4) is 11.5 Å². The summed E-state index contributed by atoms with van der Waals surface area (Å²) < 4.78 is 10.7. The normalized spacial score (nSPS) is 15.1. The van der Waals surface area contributed by atoms with E-state index in [0.29, 0.717) is 17.3 Å². The van der Waals surface area contributed by atoms with Gasteiger partial charge in [-0.2, -0.15) is 0 Å². The van der Waals surface area contributed by atoms with Crippen LogP contribution in [0, 0.1) is 5.92 Å². The first-order chi connectivity index (χ1) is 12.1. The lowest BCUT2D eigenvalue weighted by molar-refractivity contribution is 0.405. The molecule has 25 heavy (non-hydrogen) atoms. The van der Waals surface area contributed by atoms with Gasteiger partial charge in [-0.1, -0.05) is 6.92 Å². The molecule has 0 saturated carbocycles. The third kappa shape index (κ3) is 3.70. The maximum Gasteiger partial charge on any atom is 0.159 e. The van der Waals surface area contributed by atoms with Gasteiger partial charge in [-0.15, -0.1) is 0 Å². The van der Waals surface area contributed by atoms with E-state index in [4.69, 9.17) is 15.2 Å². The quantitative estimate of drug-likeness (QED) is 0.863. The maximum atomic E-state index is 6.36. The number of hydrogen-bond acceptors (Lipinski definition) is 7. The Hall–Kier alpha value is -2.70. The lowest BCUT2D eigenvalue weighted by Crippen LogP contribution is -2.34. The molecular formula is C18H25N5O2. The van der Waals surface area contributed by atoms with Gasteiger partial charge >= 0.3 is 0 Å². The Kier molecular flexibility index (Phi) is 5.11. The van der Waals surface area contributed by atoms with E-state index in [1.54, 1.807) is 20.5 Å². The second-order valence-corrected chi connectivity index (χ2v) is 6.32. The minimum atomic E-state index is 0.543. The third-order valence-electron chi connectivity index (χ3n) is 4.61. The number of nitrogens with zero attached hydrogens (tertiary/aromatic N) is 3. The predicted octanol–water partition coefficient (Wildman–Crippen LogP) is 3.06. The molecule has 7 nitrogen and oxygen atoms in total. The van der Waals surface area contributed by atoms with E-state index in [1.165, 1.54) is 0 Å². The molecule has 1 saturated heterocycles. The molecule has 1 fully saturated rings. The second kappa shape index (κ2) is 7.46. The number of nitrogens with two attached hydrogens (primary N) is 1. The van der Waals surface area contributed by atoms with E-state index in [2.05, 4.69) is 27.1 Å². The number of methoxy groups -OCH3 is 2. The Morgan fingerprint density at radius 2 is 1.92 bits per heavy atom. The van der Waals surface area contributed by atoms with Crippen LogP contribution in [0.2, 0.25) is 0 Å². The summed E-state index contributed by atoms with van der Waals surface area (Å²) in [7, 11) is 3.25. The largest absolute Gasteiger partial charge is 0.497 e. The van der Waals surface area contributed by atoms with Gasteiger partial charge < -0.3 is 25.4 Å². The highest BCUT2D eigenvalue weighted by Crippen LogP contribution is 2.35. The average Bonchev–Trinajstić information content (AvgIpc) is 2.64. The van der Waals surface area contributed by atoms with Crippen LogP contribution in [0.15, 0.2) is 24.5 Å². The number of nitrogens with one attached hydrogen (secondary N) is 1. The van der Waals surface area contributed by atoms with Crippen LogP contribution in [0.1, 0.15) is 19.8 Å². The van der Waals surface area contributed by atoms with E-state index < -0.39 is 0 Å². The van der Waals surface area contributed by atoms with Crippen LogP contribution < -0.4 is 25.4 Å². The Balaban J connectivity index is 1.88. The molecule has 2 aromatic rings. The van der Waals surface area contributed by atoms with Crippen LogP contribution in [-0.4, -0.2) is 37.3 Å². The molecule has 0 amide bonds. The van der Waals surface area contributed by atoms with Crippen molar-refractivity contribution >= 4 is 23.0 Å².